The van der Waals surface area contributed by atoms with Crippen LogP contribution in [0.15, 0.2) is 18.2 Å². The molecule has 5 heteroatoms. The quantitative estimate of drug-likeness (QED) is 0.822. The zero-order valence-corrected chi connectivity index (χ0v) is 14.7. The van der Waals surface area contributed by atoms with Crippen LogP contribution < -0.4 is 4.74 Å². The van der Waals surface area contributed by atoms with Crippen LogP contribution >= 0.6 is 11.6 Å². The third-order valence-electron chi connectivity index (χ3n) is 3.85. The molecular weight excluding hydrogens is 314 g/mol. The van der Waals surface area contributed by atoms with Crippen LogP contribution in [0.25, 0.3) is 0 Å². The summed E-state index contributed by atoms with van der Waals surface area (Å²) in [6, 6.07) is 5.26. The SMILES string of the molecule is CC(=O)c1c(C)[nH]c(C(=O)[C@H](C)Oc2ccc(Cl)c(C)c2)c1C. The number of aryl methyl sites for hydroxylation is 2. The average Bonchev–Trinajstić information content (AvgIpc) is 2.77. The molecule has 0 spiro atoms. The predicted octanol–water partition coefficient (Wildman–Crippen LogP) is 4.45. The first-order chi connectivity index (χ1) is 10.7. The van der Waals surface area contributed by atoms with Gasteiger partial charge in [-0.15, -0.1) is 0 Å². The normalized spacial score (nSPS) is 12.1. The molecule has 4 nitrogen and oxygen atoms in total. The second-order valence-corrected chi connectivity index (χ2v) is 6.12. The fourth-order valence-electron chi connectivity index (χ4n) is 2.68. The lowest BCUT2D eigenvalue weighted by atomic mass is 10.0. The van der Waals surface area contributed by atoms with Gasteiger partial charge in [-0.3, -0.25) is 9.59 Å². The predicted molar refractivity (Wildman–Crippen MR) is 90.9 cm³/mol. The fourth-order valence-corrected chi connectivity index (χ4v) is 2.79. The van der Waals surface area contributed by atoms with Gasteiger partial charge in [0.1, 0.15) is 5.75 Å². The first-order valence-electron chi connectivity index (χ1n) is 7.39. The zero-order chi connectivity index (χ0) is 17.3. The molecule has 1 N–H and O–H groups in total. The zero-order valence-electron chi connectivity index (χ0n) is 13.9. The van der Waals surface area contributed by atoms with E-state index in [0.29, 0.717) is 33.3 Å². The van der Waals surface area contributed by atoms with Crippen molar-refractivity contribution in [3.63, 3.8) is 0 Å². The Bertz CT molecular complexity index is 777. The molecule has 1 aromatic heterocycles. The summed E-state index contributed by atoms with van der Waals surface area (Å²) in [5, 5.41) is 0.651. The summed E-state index contributed by atoms with van der Waals surface area (Å²) >= 11 is 5.99. The van der Waals surface area contributed by atoms with Crippen LogP contribution in [-0.2, 0) is 0 Å². The van der Waals surface area contributed by atoms with Crippen LogP contribution in [0.3, 0.4) is 0 Å². The van der Waals surface area contributed by atoms with Crippen molar-refractivity contribution in [3.05, 3.63) is 51.3 Å². The molecule has 0 unspecified atom stereocenters. The number of carbonyl (C=O) groups is 2. The highest BCUT2D eigenvalue weighted by atomic mass is 35.5. The Labute approximate surface area is 140 Å². The number of H-pyrrole nitrogens is 1. The second-order valence-electron chi connectivity index (χ2n) is 5.72. The Balaban J connectivity index is 2.24. The molecule has 0 aliphatic carbocycles. The number of Topliss-reactive ketones (excluding diaryl/α,β-unsaturated/α-hetero) is 2. The Morgan fingerprint density at radius 3 is 2.39 bits per heavy atom. The fraction of sp³-hybridized carbons (Fsp3) is 0.333. The monoisotopic (exact) mass is 333 g/mol. The maximum atomic E-state index is 12.6. The molecule has 0 amide bonds. The van der Waals surface area contributed by atoms with E-state index in [1.54, 1.807) is 39.0 Å². The van der Waals surface area contributed by atoms with E-state index in [4.69, 9.17) is 16.3 Å². The molecule has 0 saturated heterocycles. The summed E-state index contributed by atoms with van der Waals surface area (Å²) in [4.78, 5) is 27.3. The minimum Gasteiger partial charge on any atom is -0.482 e. The molecule has 1 heterocycles. The van der Waals surface area contributed by atoms with Crippen LogP contribution in [0.4, 0.5) is 0 Å². The second kappa shape index (κ2) is 6.59. The van der Waals surface area contributed by atoms with E-state index in [1.165, 1.54) is 6.92 Å². The van der Waals surface area contributed by atoms with Gasteiger partial charge in [-0.2, -0.15) is 0 Å². The van der Waals surface area contributed by atoms with Gasteiger partial charge in [0.05, 0.1) is 5.69 Å². The van der Waals surface area contributed by atoms with Crippen LogP contribution in [0.2, 0.25) is 5.02 Å². The van der Waals surface area contributed by atoms with Crippen molar-refractivity contribution in [2.75, 3.05) is 0 Å². The van der Waals surface area contributed by atoms with Gasteiger partial charge in [0, 0.05) is 16.3 Å². The summed E-state index contributed by atoms with van der Waals surface area (Å²) in [5.41, 5.74) is 3.25. The van der Waals surface area contributed by atoms with Crippen molar-refractivity contribution in [1.29, 1.82) is 0 Å². The molecular formula is C18H20ClNO3. The highest BCUT2D eigenvalue weighted by Gasteiger charge is 2.24. The largest absolute Gasteiger partial charge is 0.482 e. The Hall–Kier alpha value is -2.07. The summed E-state index contributed by atoms with van der Waals surface area (Å²) in [5.74, 6) is 0.336. The van der Waals surface area contributed by atoms with Crippen LogP contribution in [-0.4, -0.2) is 22.7 Å². The molecule has 0 bridgehead atoms. The smallest absolute Gasteiger partial charge is 0.219 e. The van der Waals surface area contributed by atoms with Gasteiger partial charge >= 0.3 is 0 Å². The van der Waals surface area contributed by atoms with E-state index in [9.17, 15) is 9.59 Å². The lowest BCUT2D eigenvalue weighted by Crippen LogP contribution is -2.25. The number of aromatic amines is 1. The van der Waals surface area contributed by atoms with Crippen LogP contribution in [0.5, 0.6) is 5.75 Å². The van der Waals surface area contributed by atoms with Crippen molar-refractivity contribution in [1.82, 2.24) is 4.98 Å². The molecule has 0 aliphatic heterocycles. The van der Waals surface area contributed by atoms with Crippen molar-refractivity contribution in [2.45, 2.75) is 40.7 Å². The molecule has 122 valence electrons. The number of halogens is 1. The highest BCUT2D eigenvalue weighted by molar-refractivity contribution is 6.31. The number of hydrogen-bond donors (Lipinski definition) is 1. The minimum absolute atomic E-state index is 0.0582. The molecule has 23 heavy (non-hydrogen) atoms. The topological polar surface area (TPSA) is 59.2 Å². The van der Waals surface area contributed by atoms with Gasteiger partial charge in [0.25, 0.3) is 0 Å². The van der Waals surface area contributed by atoms with E-state index in [1.807, 2.05) is 6.92 Å². The van der Waals surface area contributed by atoms with Gasteiger partial charge in [-0.25, -0.2) is 0 Å². The van der Waals surface area contributed by atoms with Crippen molar-refractivity contribution < 1.29 is 14.3 Å². The first kappa shape index (κ1) is 17.3. The Morgan fingerprint density at radius 1 is 1.22 bits per heavy atom. The molecule has 0 radical (unpaired) electrons. The maximum Gasteiger partial charge on any atom is 0.219 e. The summed E-state index contributed by atoms with van der Waals surface area (Å²) < 4.78 is 5.72. The molecule has 1 atom stereocenters. The van der Waals surface area contributed by atoms with Crippen molar-refractivity contribution >= 4 is 23.2 Å². The minimum atomic E-state index is -0.674. The number of hydrogen-bond acceptors (Lipinski definition) is 3. The van der Waals surface area contributed by atoms with Crippen molar-refractivity contribution in [2.24, 2.45) is 0 Å². The van der Waals surface area contributed by atoms with Crippen LogP contribution in [0.1, 0.15) is 51.5 Å². The van der Waals surface area contributed by atoms with E-state index < -0.39 is 6.10 Å². The number of nitrogens with one attached hydrogen (secondary N) is 1. The molecule has 1 aromatic carbocycles. The van der Waals surface area contributed by atoms with E-state index in [2.05, 4.69) is 4.98 Å². The first-order valence-corrected chi connectivity index (χ1v) is 7.77. The number of ketones is 2. The van der Waals surface area contributed by atoms with E-state index in [-0.39, 0.29) is 11.6 Å². The molecule has 0 saturated carbocycles. The van der Waals surface area contributed by atoms with E-state index >= 15 is 0 Å². The highest BCUT2D eigenvalue weighted by Crippen LogP contribution is 2.24. The number of carbonyl (C=O) groups excluding carboxylic acids is 2. The molecule has 2 aromatic rings. The number of ether oxygens (including phenoxy) is 1. The van der Waals surface area contributed by atoms with Gasteiger partial charge in [-0.05, 0) is 63.9 Å². The average molecular weight is 334 g/mol. The number of aromatic nitrogens is 1. The van der Waals surface area contributed by atoms with Gasteiger partial charge in [0.2, 0.25) is 5.78 Å². The molecule has 0 aliphatic rings. The van der Waals surface area contributed by atoms with E-state index in [0.717, 1.165) is 5.56 Å². The summed E-state index contributed by atoms with van der Waals surface area (Å²) in [6.45, 7) is 8.61. The number of rotatable bonds is 5. The lowest BCUT2D eigenvalue weighted by Gasteiger charge is -2.14. The van der Waals surface area contributed by atoms with Crippen LogP contribution in [0, 0.1) is 20.8 Å². The molecule has 2 rings (SSSR count). The third kappa shape index (κ3) is 3.48. The summed E-state index contributed by atoms with van der Waals surface area (Å²) in [6.07, 6.45) is -0.674. The maximum absolute atomic E-state index is 12.6. The third-order valence-corrected chi connectivity index (χ3v) is 4.27. The standard InChI is InChI=1S/C18H20ClNO3/c1-9-8-14(6-7-15(9)19)23-13(5)18(22)17-10(2)16(12(4)21)11(3)20-17/h6-8,13,20H,1-5H3/t13-/m0/s1. The lowest BCUT2D eigenvalue weighted by molar-refractivity contribution is 0.0812. The van der Waals surface area contributed by atoms with Gasteiger partial charge in [-0.1, -0.05) is 11.6 Å². The Morgan fingerprint density at radius 2 is 1.87 bits per heavy atom. The van der Waals surface area contributed by atoms with Gasteiger partial charge < -0.3 is 9.72 Å². The summed E-state index contributed by atoms with van der Waals surface area (Å²) in [7, 11) is 0. The Kier molecular flexibility index (Phi) is 4.95. The molecule has 0 fully saturated rings. The number of benzene rings is 1. The van der Waals surface area contributed by atoms with Gasteiger partial charge in [0.15, 0.2) is 11.9 Å². The van der Waals surface area contributed by atoms with Crippen molar-refractivity contribution in [3.8, 4) is 5.75 Å².